The molecule has 0 fully saturated rings. The van der Waals surface area contributed by atoms with Crippen LogP contribution in [0, 0.1) is 18.7 Å². The van der Waals surface area contributed by atoms with Crippen LogP contribution in [-0.4, -0.2) is 43.4 Å². The predicted molar refractivity (Wildman–Crippen MR) is 113 cm³/mol. The molecule has 0 bridgehead atoms. The van der Waals surface area contributed by atoms with Crippen molar-refractivity contribution in [3.05, 3.63) is 71.0 Å². The summed E-state index contributed by atoms with van der Waals surface area (Å²) in [7, 11) is 3.75. The first kappa shape index (κ1) is 22.6. The zero-order chi connectivity index (χ0) is 21.6. The van der Waals surface area contributed by atoms with Crippen LogP contribution in [0.4, 0.5) is 4.39 Å². The van der Waals surface area contributed by atoms with Gasteiger partial charge in [0.1, 0.15) is 11.9 Å². The third-order valence-corrected chi connectivity index (χ3v) is 4.95. The lowest BCUT2D eigenvalue weighted by atomic mass is 10.0. The second-order valence-corrected chi connectivity index (χ2v) is 7.79. The molecule has 2 amide bonds. The van der Waals surface area contributed by atoms with Crippen molar-refractivity contribution in [1.82, 2.24) is 15.5 Å². The minimum atomic E-state index is -0.669. The Morgan fingerprint density at radius 3 is 2.34 bits per heavy atom. The first-order chi connectivity index (χ1) is 13.7. The van der Waals surface area contributed by atoms with Crippen LogP contribution >= 0.6 is 0 Å². The number of likely N-dealkylation sites (N-methyl/N-ethyl adjacent to an activating group) is 1. The monoisotopic (exact) mass is 399 g/mol. The highest BCUT2D eigenvalue weighted by atomic mass is 19.1. The third-order valence-electron chi connectivity index (χ3n) is 4.95. The number of carbonyl (C=O) groups excluding carboxylic acids is 2. The van der Waals surface area contributed by atoms with E-state index in [2.05, 4.69) is 10.6 Å². The molecule has 2 aromatic carbocycles. The van der Waals surface area contributed by atoms with Gasteiger partial charge in [-0.1, -0.05) is 44.2 Å². The number of benzene rings is 2. The zero-order valence-electron chi connectivity index (χ0n) is 17.7. The highest BCUT2D eigenvalue weighted by Gasteiger charge is 2.26. The van der Waals surface area contributed by atoms with Crippen molar-refractivity contribution in [3.8, 4) is 0 Å². The molecule has 2 aromatic rings. The number of aryl methyl sites for hydroxylation is 1. The van der Waals surface area contributed by atoms with Crippen LogP contribution in [-0.2, 0) is 4.79 Å². The minimum Gasteiger partial charge on any atom is -0.352 e. The van der Waals surface area contributed by atoms with E-state index in [1.165, 1.54) is 12.1 Å². The van der Waals surface area contributed by atoms with Gasteiger partial charge in [-0.05, 0) is 56.3 Å². The second kappa shape index (κ2) is 10.2. The molecule has 0 aliphatic carbocycles. The maximum atomic E-state index is 13.6. The number of hydrogen-bond donors (Lipinski definition) is 2. The summed E-state index contributed by atoms with van der Waals surface area (Å²) in [5, 5.41) is 5.77. The molecule has 2 rings (SSSR count). The highest BCUT2D eigenvalue weighted by Crippen LogP contribution is 2.18. The zero-order valence-corrected chi connectivity index (χ0v) is 17.7. The fraction of sp³-hybridized carbons (Fsp3) is 0.391. The van der Waals surface area contributed by atoms with Gasteiger partial charge in [-0.3, -0.25) is 9.59 Å². The fourth-order valence-electron chi connectivity index (χ4n) is 3.20. The van der Waals surface area contributed by atoms with Crippen molar-refractivity contribution in [2.45, 2.75) is 32.9 Å². The standard InChI is InChI=1S/C23H30FN3O2/c1-15(2)21(26-22(28)19-12-7-6-9-16(19)3)23(29)25-14-20(27(4)5)17-10-8-11-18(24)13-17/h6-13,15,20-21H,14H2,1-5H3,(H,25,29)(H,26,28). The largest absolute Gasteiger partial charge is 0.352 e. The van der Waals surface area contributed by atoms with E-state index in [-0.39, 0.29) is 29.6 Å². The van der Waals surface area contributed by atoms with Gasteiger partial charge in [0, 0.05) is 12.1 Å². The molecule has 0 aliphatic rings. The van der Waals surface area contributed by atoms with Gasteiger partial charge in [-0.15, -0.1) is 0 Å². The highest BCUT2D eigenvalue weighted by molar-refractivity contribution is 5.98. The molecule has 2 N–H and O–H groups in total. The van der Waals surface area contributed by atoms with Gasteiger partial charge < -0.3 is 15.5 Å². The van der Waals surface area contributed by atoms with E-state index in [0.29, 0.717) is 12.1 Å². The van der Waals surface area contributed by atoms with E-state index >= 15 is 0 Å². The smallest absolute Gasteiger partial charge is 0.252 e. The van der Waals surface area contributed by atoms with Crippen molar-refractivity contribution in [3.63, 3.8) is 0 Å². The Morgan fingerprint density at radius 1 is 1.07 bits per heavy atom. The lowest BCUT2D eigenvalue weighted by Gasteiger charge is -2.27. The Kier molecular flexibility index (Phi) is 7.91. The molecule has 0 heterocycles. The molecule has 5 nitrogen and oxygen atoms in total. The summed E-state index contributed by atoms with van der Waals surface area (Å²) in [5.74, 6) is -0.933. The lowest BCUT2D eigenvalue weighted by Crippen LogP contribution is -2.51. The van der Waals surface area contributed by atoms with E-state index < -0.39 is 6.04 Å². The summed E-state index contributed by atoms with van der Waals surface area (Å²) >= 11 is 0. The first-order valence-electron chi connectivity index (χ1n) is 9.76. The molecule has 6 heteroatoms. The third kappa shape index (κ3) is 6.12. The van der Waals surface area contributed by atoms with E-state index in [9.17, 15) is 14.0 Å². The van der Waals surface area contributed by atoms with E-state index in [0.717, 1.165) is 11.1 Å². The number of nitrogens with zero attached hydrogens (tertiary/aromatic N) is 1. The van der Waals surface area contributed by atoms with Gasteiger partial charge in [0.05, 0.1) is 6.04 Å². The van der Waals surface area contributed by atoms with Gasteiger partial charge in [0.2, 0.25) is 5.91 Å². The van der Waals surface area contributed by atoms with Crippen LogP contribution in [0.3, 0.4) is 0 Å². The normalized spacial score (nSPS) is 13.2. The Labute approximate surface area is 172 Å². The van der Waals surface area contributed by atoms with Crippen LogP contribution in [0.15, 0.2) is 48.5 Å². The van der Waals surface area contributed by atoms with Gasteiger partial charge in [0.15, 0.2) is 0 Å². The molecular formula is C23H30FN3O2. The average molecular weight is 400 g/mol. The number of nitrogens with one attached hydrogen (secondary N) is 2. The van der Waals surface area contributed by atoms with Crippen molar-refractivity contribution < 1.29 is 14.0 Å². The summed E-state index contributed by atoms with van der Waals surface area (Å²) in [6.45, 7) is 5.94. The minimum absolute atomic E-state index is 0.0880. The fourth-order valence-corrected chi connectivity index (χ4v) is 3.20. The number of amides is 2. The molecule has 2 atom stereocenters. The van der Waals surface area contributed by atoms with Crippen LogP contribution < -0.4 is 10.6 Å². The maximum Gasteiger partial charge on any atom is 0.252 e. The Hall–Kier alpha value is -2.73. The Bertz CT molecular complexity index is 852. The van der Waals surface area contributed by atoms with Crippen molar-refractivity contribution in [2.24, 2.45) is 5.92 Å². The molecule has 0 saturated carbocycles. The molecule has 0 saturated heterocycles. The molecule has 0 radical (unpaired) electrons. The van der Waals surface area contributed by atoms with Crippen LogP contribution in [0.2, 0.25) is 0 Å². The molecule has 29 heavy (non-hydrogen) atoms. The lowest BCUT2D eigenvalue weighted by molar-refractivity contribution is -0.124. The Balaban J connectivity index is 2.08. The summed E-state index contributed by atoms with van der Waals surface area (Å²) < 4.78 is 13.6. The second-order valence-electron chi connectivity index (χ2n) is 7.79. The van der Waals surface area contributed by atoms with Gasteiger partial charge in [0.25, 0.3) is 5.91 Å². The number of carbonyl (C=O) groups is 2. The summed E-state index contributed by atoms with van der Waals surface area (Å²) in [6, 6.07) is 12.8. The average Bonchev–Trinajstić information content (AvgIpc) is 2.65. The quantitative estimate of drug-likeness (QED) is 0.716. The summed E-state index contributed by atoms with van der Waals surface area (Å²) in [5.41, 5.74) is 2.18. The molecule has 0 aliphatic heterocycles. The van der Waals surface area contributed by atoms with E-state index in [1.807, 2.05) is 58.0 Å². The molecule has 0 spiro atoms. The number of halogens is 1. The Morgan fingerprint density at radius 2 is 1.76 bits per heavy atom. The molecule has 2 unspecified atom stereocenters. The molecule has 0 aromatic heterocycles. The molecular weight excluding hydrogens is 369 g/mol. The molecule has 156 valence electrons. The number of hydrogen-bond acceptors (Lipinski definition) is 3. The maximum absolute atomic E-state index is 13.6. The van der Waals surface area contributed by atoms with Gasteiger partial charge in [-0.25, -0.2) is 4.39 Å². The summed E-state index contributed by atoms with van der Waals surface area (Å²) in [4.78, 5) is 27.4. The number of rotatable bonds is 8. The summed E-state index contributed by atoms with van der Waals surface area (Å²) in [6.07, 6.45) is 0. The van der Waals surface area contributed by atoms with Crippen molar-refractivity contribution in [2.75, 3.05) is 20.6 Å². The van der Waals surface area contributed by atoms with Crippen LogP contribution in [0.5, 0.6) is 0 Å². The predicted octanol–water partition coefficient (Wildman–Crippen LogP) is 3.31. The van der Waals surface area contributed by atoms with Crippen molar-refractivity contribution in [1.29, 1.82) is 0 Å². The first-order valence-corrected chi connectivity index (χ1v) is 9.76. The van der Waals surface area contributed by atoms with Crippen LogP contribution in [0.1, 0.15) is 41.4 Å². The van der Waals surface area contributed by atoms with E-state index in [1.54, 1.807) is 18.2 Å². The van der Waals surface area contributed by atoms with Gasteiger partial charge in [-0.2, -0.15) is 0 Å². The SMILES string of the molecule is Cc1ccccc1C(=O)NC(C(=O)NCC(c1cccc(F)c1)N(C)C)C(C)C. The van der Waals surface area contributed by atoms with E-state index in [4.69, 9.17) is 0 Å². The van der Waals surface area contributed by atoms with Gasteiger partial charge >= 0.3 is 0 Å². The van der Waals surface area contributed by atoms with Crippen LogP contribution in [0.25, 0.3) is 0 Å². The topological polar surface area (TPSA) is 61.4 Å². The van der Waals surface area contributed by atoms with Crippen molar-refractivity contribution >= 4 is 11.8 Å².